The van der Waals surface area contributed by atoms with Crippen LogP contribution in [0, 0.1) is 0 Å². The third-order valence-electron chi connectivity index (χ3n) is 4.79. The van der Waals surface area contributed by atoms with Gasteiger partial charge in [0.2, 0.25) is 5.91 Å². The Balaban J connectivity index is 1.74. The number of aromatic nitrogens is 2. The first-order chi connectivity index (χ1) is 10.9. The van der Waals surface area contributed by atoms with E-state index in [1.165, 1.54) is 11.1 Å². The van der Waals surface area contributed by atoms with E-state index in [0.717, 1.165) is 38.5 Å². The molecule has 0 radical (unpaired) electrons. The second-order valence-electron chi connectivity index (χ2n) is 6.54. The number of amides is 1. The minimum atomic E-state index is -4.45. The van der Waals surface area contributed by atoms with Crippen LogP contribution in [0.15, 0.2) is 0 Å². The van der Waals surface area contributed by atoms with Crippen LogP contribution in [0.4, 0.5) is 13.2 Å². The lowest BCUT2D eigenvalue weighted by Crippen LogP contribution is -2.38. The predicted octanol–water partition coefficient (Wildman–Crippen LogP) is 3.23. The maximum atomic E-state index is 13.1. The molecule has 4 nitrogen and oxygen atoms in total. The number of hydrogen-bond donors (Lipinski definition) is 1. The molecule has 0 unspecified atom stereocenters. The fraction of sp³-hybridized carbons (Fsp3) is 0.750. The van der Waals surface area contributed by atoms with E-state index in [1.807, 2.05) is 0 Å². The summed E-state index contributed by atoms with van der Waals surface area (Å²) >= 11 is 0. The number of fused-ring (bicyclic) bond motifs is 1. The zero-order valence-electron chi connectivity index (χ0n) is 13.1. The highest BCUT2D eigenvalue weighted by atomic mass is 19.4. The van der Waals surface area contributed by atoms with Crippen molar-refractivity contribution in [3.63, 3.8) is 0 Å². The van der Waals surface area contributed by atoms with Gasteiger partial charge in [0.15, 0.2) is 5.69 Å². The van der Waals surface area contributed by atoms with Gasteiger partial charge in [0, 0.05) is 17.3 Å². The molecule has 1 N–H and O–H groups in total. The van der Waals surface area contributed by atoms with E-state index in [0.29, 0.717) is 18.5 Å². The predicted molar refractivity (Wildman–Crippen MR) is 78.9 cm³/mol. The molecule has 3 rings (SSSR count). The van der Waals surface area contributed by atoms with Crippen LogP contribution in [0.2, 0.25) is 0 Å². The molecule has 1 saturated carbocycles. The van der Waals surface area contributed by atoms with Gasteiger partial charge in [0.05, 0.1) is 0 Å². The summed E-state index contributed by atoms with van der Waals surface area (Å²) in [6.07, 6.45) is 3.40. The number of rotatable bonds is 3. The van der Waals surface area contributed by atoms with Gasteiger partial charge >= 0.3 is 6.18 Å². The van der Waals surface area contributed by atoms with Crippen LogP contribution in [-0.4, -0.2) is 21.7 Å². The average molecular weight is 329 g/mol. The van der Waals surface area contributed by atoms with Crippen LogP contribution < -0.4 is 5.32 Å². The van der Waals surface area contributed by atoms with E-state index in [9.17, 15) is 18.0 Å². The molecular formula is C16H22F3N3O. The summed E-state index contributed by atoms with van der Waals surface area (Å²) < 4.78 is 40.6. The van der Waals surface area contributed by atoms with E-state index in [4.69, 9.17) is 0 Å². The molecule has 1 aromatic heterocycles. The molecule has 2 aliphatic rings. The molecule has 1 aromatic rings. The third kappa shape index (κ3) is 3.70. The number of carbonyl (C=O) groups excluding carboxylic acids is 1. The van der Waals surface area contributed by atoms with Gasteiger partial charge < -0.3 is 5.32 Å². The van der Waals surface area contributed by atoms with E-state index < -0.39 is 11.9 Å². The number of carbonyl (C=O) groups is 1. The van der Waals surface area contributed by atoms with Crippen LogP contribution >= 0.6 is 0 Å². The molecule has 0 spiro atoms. The van der Waals surface area contributed by atoms with Crippen LogP contribution in [0.5, 0.6) is 0 Å². The second-order valence-corrected chi connectivity index (χ2v) is 6.54. The third-order valence-corrected chi connectivity index (χ3v) is 4.79. The lowest BCUT2D eigenvalue weighted by Gasteiger charge is -2.23. The highest BCUT2D eigenvalue weighted by Crippen LogP contribution is 2.35. The Labute approximate surface area is 133 Å². The molecule has 1 amide bonds. The maximum absolute atomic E-state index is 13.1. The van der Waals surface area contributed by atoms with Crippen molar-refractivity contribution >= 4 is 5.91 Å². The molecule has 0 aromatic carbocycles. The molecule has 7 heteroatoms. The van der Waals surface area contributed by atoms with Gasteiger partial charge in [0.1, 0.15) is 6.54 Å². The summed E-state index contributed by atoms with van der Waals surface area (Å²) in [4.78, 5) is 12.2. The Morgan fingerprint density at radius 3 is 2.52 bits per heavy atom. The highest BCUT2D eigenvalue weighted by molar-refractivity contribution is 5.76. The normalized spacial score (nSPS) is 19.4. The minimum absolute atomic E-state index is 0.116. The van der Waals surface area contributed by atoms with Crippen LogP contribution in [0.1, 0.15) is 61.9 Å². The van der Waals surface area contributed by atoms with Crippen LogP contribution in [0.3, 0.4) is 0 Å². The van der Waals surface area contributed by atoms with Crippen molar-refractivity contribution in [2.24, 2.45) is 0 Å². The van der Waals surface area contributed by atoms with Crippen molar-refractivity contribution in [1.29, 1.82) is 0 Å². The smallest absolute Gasteiger partial charge is 0.352 e. The van der Waals surface area contributed by atoms with Crippen LogP contribution in [-0.2, 0) is 30.4 Å². The maximum Gasteiger partial charge on any atom is 0.435 e. The van der Waals surface area contributed by atoms with Gasteiger partial charge in [0.25, 0.3) is 0 Å². The molecule has 0 bridgehead atoms. The molecule has 0 atom stereocenters. The summed E-state index contributed by atoms with van der Waals surface area (Å²) in [5.74, 6) is -0.235. The molecular weight excluding hydrogens is 307 g/mol. The van der Waals surface area contributed by atoms with Gasteiger partial charge in [-0.3, -0.25) is 9.48 Å². The monoisotopic (exact) mass is 329 g/mol. The number of nitrogens with one attached hydrogen (secondary N) is 1. The Kier molecular flexibility index (Phi) is 4.64. The molecule has 1 fully saturated rings. The van der Waals surface area contributed by atoms with Crippen molar-refractivity contribution in [3.8, 4) is 0 Å². The fourth-order valence-electron chi connectivity index (χ4n) is 3.69. The molecule has 23 heavy (non-hydrogen) atoms. The van der Waals surface area contributed by atoms with E-state index >= 15 is 0 Å². The van der Waals surface area contributed by atoms with Crippen molar-refractivity contribution in [1.82, 2.24) is 15.1 Å². The summed E-state index contributed by atoms with van der Waals surface area (Å²) in [5, 5.41) is 6.67. The average Bonchev–Trinajstić information content (AvgIpc) is 2.87. The number of halogens is 3. The summed E-state index contributed by atoms with van der Waals surface area (Å²) in [7, 11) is 0. The highest BCUT2D eigenvalue weighted by Gasteiger charge is 2.39. The number of nitrogens with zero attached hydrogens (tertiary/aromatic N) is 2. The lowest BCUT2D eigenvalue weighted by molar-refractivity contribution is -0.142. The van der Waals surface area contributed by atoms with E-state index in [2.05, 4.69) is 10.4 Å². The standard InChI is InChI=1S/C16H22F3N3O/c17-16(18,19)15-12-8-4-5-9-13(12)22(21-15)10-14(23)20-11-6-2-1-3-7-11/h11H,1-10H2,(H,20,23). The van der Waals surface area contributed by atoms with Crippen molar-refractivity contribution < 1.29 is 18.0 Å². The molecule has 0 saturated heterocycles. The van der Waals surface area contributed by atoms with E-state index in [-0.39, 0.29) is 24.1 Å². The van der Waals surface area contributed by atoms with Crippen molar-refractivity contribution in [3.05, 3.63) is 17.0 Å². The largest absolute Gasteiger partial charge is 0.435 e. The SMILES string of the molecule is O=C(Cn1nc(C(F)(F)F)c2c1CCCC2)NC1CCCCC1. The Bertz CT molecular complexity index is 574. The zero-order valence-corrected chi connectivity index (χ0v) is 13.1. The quantitative estimate of drug-likeness (QED) is 0.925. The summed E-state index contributed by atoms with van der Waals surface area (Å²) in [6.45, 7) is -0.116. The van der Waals surface area contributed by atoms with Crippen molar-refractivity contribution in [2.75, 3.05) is 0 Å². The van der Waals surface area contributed by atoms with Crippen LogP contribution in [0.25, 0.3) is 0 Å². The lowest BCUT2D eigenvalue weighted by atomic mass is 9.95. The van der Waals surface area contributed by atoms with Gasteiger partial charge in [-0.2, -0.15) is 18.3 Å². The zero-order chi connectivity index (χ0) is 16.4. The molecule has 2 aliphatic carbocycles. The first kappa shape index (κ1) is 16.3. The summed E-state index contributed by atoms with van der Waals surface area (Å²) in [6, 6.07) is 0.157. The Morgan fingerprint density at radius 2 is 1.83 bits per heavy atom. The molecule has 1 heterocycles. The molecule has 0 aliphatic heterocycles. The number of alkyl halides is 3. The first-order valence-electron chi connectivity index (χ1n) is 8.40. The topological polar surface area (TPSA) is 46.9 Å². The molecule has 128 valence electrons. The Hall–Kier alpha value is -1.53. The first-order valence-corrected chi connectivity index (χ1v) is 8.40. The summed E-state index contributed by atoms with van der Waals surface area (Å²) in [5.41, 5.74) is 0.0641. The fourth-order valence-corrected chi connectivity index (χ4v) is 3.69. The van der Waals surface area contributed by atoms with Gasteiger partial charge in [-0.25, -0.2) is 0 Å². The van der Waals surface area contributed by atoms with Gasteiger partial charge in [-0.15, -0.1) is 0 Å². The van der Waals surface area contributed by atoms with Gasteiger partial charge in [-0.05, 0) is 38.5 Å². The number of hydrogen-bond acceptors (Lipinski definition) is 2. The van der Waals surface area contributed by atoms with E-state index in [1.54, 1.807) is 0 Å². The second kappa shape index (κ2) is 6.53. The van der Waals surface area contributed by atoms with Crippen molar-refractivity contribution in [2.45, 2.75) is 76.6 Å². The minimum Gasteiger partial charge on any atom is -0.352 e. The Morgan fingerprint density at radius 1 is 1.13 bits per heavy atom. The van der Waals surface area contributed by atoms with Gasteiger partial charge in [-0.1, -0.05) is 19.3 Å².